The summed E-state index contributed by atoms with van der Waals surface area (Å²) in [6.45, 7) is 1.45. The van der Waals surface area contributed by atoms with Crippen molar-refractivity contribution in [1.82, 2.24) is 0 Å². The third-order valence-corrected chi connectivity index (χ3v) is 2.27. The van der Waals surface area contributed by atoms with Gasteiger partial charge in [0.1, 0.15) is 0 Å². The van der Waals surface area contributed by atoms with Crippen LogP contribution in [0.15, 0.2) is 24.3 Å². The lowest BCUT2D eigenvalue weighted by atomic mass is 10.1. The van der Waals surface area contributed by atoms with Gasteiger partial charge in [-0.15, -0.1) is 0 Å². The van der Waals surface area contributed by atoms with Crippen molar-refractivity contribution in [1.29, 1.82) is 0 Å². The molecule has 1 aliphatic rings. The fourth-order valence-corrected chi connectivity index (χ4v) is 1.57. The second-order valence-electron chi connectivity index (χ2n) is 3.35. The molecule has 0 unspecified atom stereocenters. The Hall–Kier alpha value is -0.900. The predicted molar refractivity (Wildman–Crippen MR) is 51.8 cm³/mol. The smallest absolute Gasteiger partial charge is 0.161 e. The first-order valence-corrected chi connectivity index (χ1v) is 4.80. The van der Waals surface area contributed by atoms with Crippen LogP contribution in [0.1, 0.15) is 11.1 Å². The zero-order valence-corrected chi connectivity index (χ0v) is 7.98. The van der Waals surface area contributed by atoms with Crippen molar-refractivity contribution >= 4 is 0 Å². The molecule has 0 radical (unpaired) electrons. The lowest BCUT2D eigenvalue weighted by Crippen LogP contribution is -2.11. The number of aliphatic hydroxyl groups is 1. The van der Waals surface area contributed by atoms with Gasteiger partial charge in [-0.25, -0.2) is 0 Å². The summed E-state index contributed by atoms with van der Waals surface area (Å²) in [5, 5.41) is 8.96. The number of ether oxygens (including phenoxy) is 2. The normalized spacial score (nSPS) is 17.5. The molecule has 1 saturated heterocycles. The highest BCUT2D eigenvalue weighted by molar-refractivity contribution is 5.23. The Kier molecular flexibility index (Phi) is 3.14. The first-order chi connectivity index (χ1) is 6.88. The SMILES string of the molecule is OCc1cccc(CC2OCCO2)c1. The van der Waals surface area contributed by atoms with E-state index in [9.17, 15) is 0 Å². The molecule has 0 bridgehead atoms. The summed E-state index contributed by atoms with van der Waals surface area (Å²) in [6.07, 6.45) is 0.650. The third-order valence-electron chi connectivity index (χ3n) is 2.27. The highest BCUT2D eigenvalue weighted by atomic mass is 16.7. The second kappa shape index (κ2) is 4.55. The Morgan fingerprint density at radius 1 is 1.21 bits per heavy atom. The van der Waals surface area contributed by atoms with Crippen molar-refractivity contribution in [2.45, 2.75) is 19.3 Å². The average Bonchev–Trinajstić information content (AvgIpc) is 2.71. The van der Waals surface area contributed by atoms with E-state index in [0.717, 1.165) is 17.5 Å². The minimum absolute atomic E-state index is 0.0836. The van der Waals surface area contributed by atoms with E-state index >= 15 is 0 Å². The highest BCUT2D eigenvalue weighted by Crippen LogP contribution is 2.13. The summed E-state index contributed by atoms with van der Waals surface area (Å²) in [4.78, 5) is 0. The molecule has 0 amide bonds. The van der Waals surface area contributed by atoms with Gasteiger partial charge < -0.3 is 14.6 Å². The molecule has 0 atom stereocenters. The molecule has 1 aliphatic heterocycles. The molecule has 1 N–H and O–H groups in total. The number of hydrogen-bond donors (Lipinski definition) is 1. The summed E-state index contributed by atoms with van der Waals surface area (Å²) in [7, 11) is 0. The largest absolute Gasteiger partial charge is 0.392 e. The summed E-state index contributed by atoms with van der Waals surface area (Å²) in [6, 6.07) is 7.84. The predicted octanol–water partition coefficient (Wildman–Crippen LogP) is 1.09. The molecule has 1 aromatic rings. The fourth-order valence-electron chi connectivity index (χ4n) is 1.57. The quantitative estimate of drug-likeness (QED) is 0.783. The van der Waals surface area contributed by atoms with Crippen LogP contribution in [0.4, 0.5) is 0 Å². The van der Waals surface area contributed by atoms with Gasteiger partial charge in [-0.3, -0.25) is 0 Å². The molecule has 14 heavy (non-hydrogen) atoms. The zero-order valence-electron chi connectivity index (χ0n) is 7.98. The van der Waals surface area contributed by atoms with E-state index in [1.54, 1.807) is 0 Å². The van der Waals surface area contributed by atoms with Crippen LogP contribution in [-0.2, 0) is 22.5 Å². The molecule has 0 spiro atoms. The lowest BCUT2D eigenvalue weighted by molar-refractivity contribution is -0.0400. The number of benzene rings is 1. The molecule has 0 aliphatic carbocycles. The van der Waals surface area contributed by atoms with Gasteiger partial charge in [0.25, 0.3) is 0 Å². The van der Waals surface area contributed by atoms with Gasteiger partial charge in [0.05, 0.1) is 19.8 Å². The van der Waals surface area contributed by atoms with Crippen LogP contribution in [0.25, 0.3) is 0 Å². The van der Waals surface area contributed by atoms with Crippen molar-refractivity contribution in [3.8, 4) is 0 Å². The molecule has 1 aromatic carbocycles. The van der Waals surface area contributed by atoms with Crippen molar-refractivity contribution in [3.63, 3.8) is 0 Å². The molecule has 0 saturated carbocycles. The van der Waals surface area contributed by atoms with E-state index < -0.39 is 0 Å². The van der Waals surface area contributed by atoms with Gasteiger partial charge >= 0.3 is 0 Å². The summed E-state index contributed by atoms with van der Waals surface area (Å²) in [5.41, 5.74) is 2.07. The molecule has 3 nitrogen and oxygen atoms in total. The Balaban J connectivity index is 2.00. The summed E-state index contributed by atoms with van der Waals surface area (Å²) >= 11 is 0. The maximum atomic E-state index is 8.96. The van der Waals surface area contributed by atoms with E-state index in [-0.39, 0.29) is 12.9 Å². The van der Waals surface area contributed by atoms with Gasteiger partial charge in [0, 0.05) is 6.42 Å². The fraction of sp³-hybridized carbons (Fsp3) is 0.455. The van der Waals surface area contributed by atoms with Crippen LogP contribution < -0.4 is 0 Å². The van der Waals surface area contributed by atoms with Crippen LogP contribution >= 0.6 is 0 Å². The minimum atomic E-state index is -0.107. The van der Waals surface area contributed by atoms with E-state index in [0.29, 0.717) is 13.2 Å². The van der Waals surface area contributed by atoms with E-state index in [4.69, 9.17) is 14.6 Å². The Bertz CT molecular complexity index is 292. The molecule has 3 heteroatoms. The molecule has 76 valence electrons. The molecule has 1 fully saturated rings. The minimum Gasteiger partial charge on any atom is -0.392 e. The van der Waals surface area contributed by atoms with Gasteiger partial charge in [0.15, 0.2) is 6.29 Å². The first-order valence-electron chi connectivity index (χ1n) is 4.80. The second-order valence-corrected chi connectivity index (χ2v) is 3.35. The first kappa shape index (κ1) is 9.65. The molecular weight excluding hydrogens is 180 g/mol. The standard InChI is InChI=1S/C11H14O3/c12-8-10-3-1-2-9(6-10)7-11-13-4-5-14-11/h1-3,6,11-12H,4-5,7-8H2. The van der Waals surface area contributed by atoms with E-state index in [1.807, 2.05) is 24.3 Å². The van der Waals surface area contributed by atoms with Gasteiger partial charge in [-0.05, 0) is 11.1 Å². The van der Waals surface area contributed by atoms with E-state index in [2.05, 4.69) is 0 Å². The molecule has 0 aromatic heterocycles. The number of aliphatic hydroxyl groups excluding tert-OH is 1. The molecule has 2 rings (SSSR count). The van der Waals surface area contributed by atoms with Gasteiger partial charge in [0.2, 0.25) is 0 Å². The van der Waals surface area contributed by atoms with E-state index in [1.165, 1.54) is 0 Å². The Morgan fingerprint density at radius 2 is 1.93 bits per heavy atom. The van der Waals surface area contributed by atoms with Crippen molar-refractivity contribution in [2.75, 3.05) is 13.2 Å². The monoisotopic (exact) mass is 194 g/mol. The van der Waals surface area contributed by atoms with Crippen molar-refractivity contribution in [2.24, 2.45) is 0 Å². The maximum absolute atomic E-state index is 8.96. The zero-order chi connectivity index (χ0) is 9.80. The van der Waals surface area contributed by atoms with Crippen LogP contribution in [0.5, 0.6) is 0 Å². The third kappa shape index (κ3) is 2.32. The van der Waals surface area contributed by atoms with Crippen molar-refractivity contribution in [3.05, 3.63) is 35.4 Å². The Labute approximate surface area is 83.3 Å². The summed E-state index contributed by atoms with van der Waals surface area (Å²) < 4.78 is 10.7. The molecular formula is C11H14O3. The van der Waals surface area contributed by atoms with Gasteiger partial charge in [-0.1, -0.05) is 24.3 Å². The Morgan fingerprint density at radius 3 is 2.64 bits per heavy atom. The number of hydrogen-bond acceptors (Lipinski definition) is 3. The number of rotatable bonds is 3. The average molecular weight is 194 g/mol. The maximum Gasteiger partial charge on any atom is 0.161 e. The summed E-state index contributed by atoms with van der Waals surface area (Å²) in [5.74, 6) is 0. The highest BCUT2D eigenvalue weighted by Gasteiger charge is 2.16. The molecule has 1 heterocycles. The van der Waals surface area contributed by atoms with Gasteiger partial charge in [-0.2, -0.15) is 0 Å². The van der Waals surface area contributed by atoms with Crippen molar-refractivity contribution < 1.29 is 14.6 Å². The van der Waals surface area contributed by atoms with Crippen LogP contribution in [0.2, 0.25) is 0 Å². The van der Waals surface area contributed by atoms with Crippen LogP contribution in [0.3, 0.4) is 0 Å². The lowest BCUT2D eigenvalue weighted by Gasteiger charge is -2.09. The topological polar surface area (TPSA) is 38.7 Å². The van der Waals surface area contributed by atoms with Crippen LogP contribution in [-0.4, -0.2) is 24.6 Å². The van der Waals surface area contributed by atoms with Crippen LogP contribution in [0, 0.1) is 0 Å².